The Hall–Kier alpha value is -2.64. The van der Waals surface area contributed by atoms with Gasteiger partial charge in [0.2, 0.25) is 0 Å². The van der Waals surface area contributed by atoms with Crippen LogP contribution in [0.2, 0.25) is 5.15 Å². The molecular weight excluding hydrogens is 376 g/mol. The molecule has 8 heteroatoms. The van der Waals surface area contributed by atoms with Gasteiger partial charge >= 0.3 is 5.97 Å². The Bertz CT molecular complexity index is 1010. The lowest BCUT2D eigenvalue weighted by Crippen LogP contribution is -2.06. The third-order valence-corrected chi connectivity index (χ3v) is 4.75. The number of ether oxygens (including phenoxy) is 1. The van der Waals surface area contributed by atoms with E-state index in [9.17, 15) is 14.9 Å². The first kappa shape index (κ1) is 18.2. The minimum absolute atomic E-state index is 0.0758. The van der Waals surface area contributed by atoms with Crippen LogP contribution in [0.3, 0.4) is 0 Å². The molecule has 0 aliphatic heterocycles. The Kier molecular flexibility index (Phi) is 5.39. The van der Waals surface area contributed by atoms with Gasteiger partial charge in [-0.1, -0.05) is 23.7 Å². The average molecular weight is 389 g/mol. The number of pyridine rings is 1. The summed E-state index contributed by atoms with van der Waals surface area (Å²) >= 11 is 7.80. The van der Waals surface area contributed by atoms with Gasteiger partial charge in [0, 0.05) is 28.0 Å². The summed E-state index contributed by atoms with van der Waals surface area (Å²) in [5.41, 5.74) is 1.26. The molecule has 0 unspecified atom stereocenters. The van der Waals surface area contributed by atoms with Crippen LogP contribution < -0.4 is 0 Å². The zero-order chi connectivity index (χ0) is 18.7. The maximum absolute atomic E-state index is 12.1. The fourth-order valence-corrected chi connectivity index (χ4v) is 3.00. The number of thioether (sulfide) groups is 1. The summed E-state index contributed by atoms with van der Waals surface area (Å²) in [6.07, 6.45) is 1.98. The monoisotopic (exact) mass is 388 g/mol. The fourth-order valence-electron chi connectivity index (χ4n) is 2.37. The van der Waals surface area contributed by atoms with Gasteiger partial charge in [-0.25, -0.2) is 9.78 Å². The fraction of sp³-hybridized carbons (Fsp3) is 0.111. The van der Waals surface area contributed by atoms with Gasteiger partial charge < -0.3 is 4.74 Å². The van der Waals surface area contributed by atoms with Gasteiger partial charge in [0.05, 0.1) is 16.0 Å². The number of halogens is 1. The van der Waals surface area contributed by atoms with E-state index in [0.29, 0.717) is 5.56 Å². The van der Waals surface area contributed by atoms with Crippen molar-refractivity contribution < 1.29 is 14.5 Å². The third kappa shape index (κ3) is 3.95. The number of aromatic nitrogens is 1. The number of carbonyl (C=O) groups excluding carboxylic acids is 1. The van der Waals surface area contributed by atoms with E-state index < -0.39 is 10.9 Å². The van der Waals surface area contributed by atoms with Crippen molar-refractivity contribution in [2.75, 3.05) is 6.26 Å². The van der Waals surface area contributed by atoms with Gasteiger partial charge in [0.15, 0.2) is 0 Å². The first-order valence-corrected chi connectivity index (χ1v) is 9.13. The lowest BCUT2D eigenvalue weighted by Gasteiger charge is -2.08. The van der Waals surface area contributed by atoms with E-state index >= 15 is 0 Å². The van der Waals surface area contributed by atoms with Crippen molar-refractivity contribution in [2.45, 2.75) is 11.5 Å². The van der Waals surface area contributed by atoms with Crippen LogP contribution >= 0.6 is 23.4 Å². The SMILES string of the molecule is CSc1ccc2cc(COC(=O)c3cccc([N+](=O)[O-])c3)c(Cl)nc2c1. The van der Waals surface area contributed by atoms with Crippen molar-refractivity contribution in [3.05, 3.63) is 74.9 Å². The van der Waals surface area contributed by atoms with Crippen molar-refractivity contribution in [2.24, 2.45) is 0 Å². The summed E-state index contributed by atoms with van der Waals surface area (Å²) in [4.78, 5) is 27.8. The number of carbonyl (C=O) groups is 1. The van der Waals surface area contributed by atoms with E-state index in [1.54, 1.807) is 11.8 Å². The molecule has 3 aromatic rings. The summed E-state index contributed by atoms with van der Waals surface area (Å²) in [5, 5.41) is 11.9. The summed E-state index contributed by atoms with van der Waals surface area (Å²) < 4.78 is 5.23. The second-order valence-corrected chi connectivity index (χ2v) is 6.62. The Morgan fingerprint density at radius 3 is 2.81 bits per heavy atom. The summed E-state index contributed by atoms with van der Waals surface area (Å²) in [6, 6.07) is 13.0. The largest absolute Gasteiger partial charge is 0.457 e. The van der Waals surface area contributed by atoms with Crippen LogP contribution in [0.4, 0.5) is 5.69 Å². The zero-order valence-electron chi connectivity index (χ0n) is 13.6. The molecule has 0 aliphatic carbocycles. The maximum Gasteiger partial charge on any atom is 0.338 e. The van der Waals surface area contributed by atoms with E-state index in [1.165, 1.54) is 24.3 Å². The van der Waals surface area contributed by atoms with Gasteiger partial charge in [0.1, 0.15) is 11.8 Å². The molecule has 0 radical (unpaired) electrons. The second kappa shape index (κ2) is 7.72. The number of nitro benzene ring substituents is 1. The minimum Gasteiger partial charge on any atom is -0.457 e. The molecule has 2 aromatic carbocycles. The molecule has 1 heterocycles. The van der Waals surface area contributed by atoms with Gasteiger partial charge in [-0.2, -0.15) is 0 Å². The van der Waals surface area contributed by atoms with Crippen molar-refractivity contribution in [1.29, 1.82) is 0 Å². The highest BCUT2D eigenvalue weighted by Gasteiger charge is 2.14. The molecule has 0 N–H and O–H groups in total. The zero-order valence-corrected chi connectivity index (χ0v) is 15.2. The van der Waals surface area contributed by atoms with E-state index in [2.05, 4.69) is 4.98 Å². The number of fused-ring (bicyclic) bond motifs is 1. The average Bonchev–Trinajstić information content (AvgIpc) is 2.65. The molecule has 3 rings (SSSR count). The second-order valence-electron chi connectivity index (χ2n) is 5.38. The highest BCUT2D eigenvalue weighted by atomic mass is 35.5. The van der Waals surface area contributed by atoms with Crippen molar-refractivity contribution in [1.82, 2.24) is 4.98 Å². The standard InChI is InChI=1S/C18H13ClN2O4S/c1-26-15-6-5-11-7-13(17(19)20-16(11)9-15)10-25-18(22)12-3-2-4-14(8-12)21(23)24/h2-9H,10H2,1H3. The molecular formula is C18H13ClN2O4S. The normalized spacial score (nSPS) is 10.7. The van der Waals surface area contributed by atoms with Crippen molar-refractivity contribution in [3.63, 3.8) is 0 Å². The molecule has 0 bridgehead atoms. The molecule has 132 valence electrons. The van der Waals surface area contributed by atoms with Gasteiger partial charge in [0.25, 0.3) is 5.69 Å². The summed E-state index contributed by atoms with van der Waals surface area (Å²) in [5.74, 6) is -0.664. The Morgan fingerprint density at radius 1 is 1.27 bits per heavy atom. The van der Waals surface area contributed by atoms with Crippen LogP contribution in [0.15, 0.2) is 53.4 Å². The lowest BCUT2D eigenvalue weighted by atomic mass is 10.1. The molecule has 1 aromatic heterocycles. The number of rotatable bonds is 5. The Balaban J connectivity index is 1.78. The molecule has 0 fully saturated rings. The smallest absolute Gasteiger partial charge is 0.338 e. The topological polar surface area (TPSA) is 82.3 Å². The number of nitrogens with zero attached hydrogens (tertiary/aromatic N) is 2. The van der Waals surface area contributed by atoms with Crippen LogP contribution in [0, 0.1) is 10.1 Å². The quantitative estimate of drug-likeness (QED) is 0.204. The molecule has 0 saturated carbocycles. The molecule has 0 saturated heterocycles. The van der Waals surface area contributed by atoms with E-state index in [1.807, 2.05) is 30.5 Å². The number of nitro groups is 1. The highest BCUT2D eigenvalue weighted by Crippen LogP contribution is 2.25. The molecule has 6 nitrogen and oxygen atoms in total. The van der Waals surface area contributed by atoms with Crippen LogP contribution in [0.25, 0.3) is 10.9 Å². The first-order valence-electron chi connectivity index (χ1n) is 7.52. The molecule has 0 atom stereocenters. The van der Waals surface area contributed by atoms with Crippen molar-refractivity contribution in [3.8, 4) is 0 Å². The Morgan fingerprint density at radius 2 is 2.08 bits per heavy atom. The van der Waals surface area contributed by atoms with Crippen LogP contribution in [-0.4, -0.2) is 22.1 Å². The number of benzene rings is 2. The van der Waals surface area contributed by atoms with Crippen LogP contribution in [0.5, 0.6) is 0 Å². The predicted octanol–water partition coefficient (Wildman–Crippen LogP) is 4.88. The van der Waals surface area contributed by atoms with Gasteiger partial charge in [-0.15, -0.1) is 11.8 Å². The van der Waals surface area contributed by atoms with Gasteiger partial charge in [-0.05, 0) is 30.5 Å². The van der Waals surface area contributed by atoms with E-state index in [-0.39, 0.29) is 23.0 Å². The minimum atomic E-state index is -0.664. The number of hydrogen-bond donors (Lipinski definition) is 0. The first-order chi connectivity index (χ1) is 12.5. The molecule has 0 aliphatic rings. The lowest BCUT2D eigenvalue weighted by molar-refractivity contribution is -0.384. The van der Waals surface area contributed by atoms with Crippen molar-refractivity contribution >= 4 is 45.9 Å². The Labute approximate surface area is 158 Å². The molecule has 0 amide bonds. The summed E-state index contributed by atoms with van der Waals surface area (Å²) in [7, 11) is 0. The van der Waals surface area contributed by atoms with E-state index in [4.69, 9.17) is 16.3 Å². The highest BCUT2D eigenvalue weighted by molar-refractivity contribution is 7.98. The van der Waals surface area contributed by atoms with Crippen LogP contribution in [-0.2, 0) is 11.3 Å². The number of non-ortho nitro benzene ring substituents is 1. The number of hydrogen-bond acceptors (Lipinski definition) is 6. The maximum atomic E-state index is 12.1. The van der Waals surface area contributed by atoms with Crippen LogP contribution in [0.1, 0.15) is 15.9 Å². The molecule has 0 spiro atoms. The molecule has 26 heavy (non-hydrogen) atoms. The van der Waals surface area contributed by atoms with E-state index in [0.717, 1.165) is 15.8 Å². The third-order valence-electron chi connectivity index (χ3n) is 3.70. The van der Waals surface area contributed by atoms with Gasteiger partial charge in [-0.3, -0.25) is 10.1 Å². The summed E-state index contributed by atoms with van der Waals surface area (Å²) in [6.45, 7) is -0.0758. The number of esters is 1. The predicted molar refractivity (Wildman–Crippen MR) is 101 cm³/mol.